The molecule has 0 aromatic heterocycles. The van der Waals surface area contributed by atoms with Gasteiger partial charge in [0.1, 0.15) is 0 Å². The summed E-state index contributed by atoms with van der Waals surface area (Å²) >= 11 is 6.30. The van der Waals surface area contributed by atoms with E-state index in [4.69, 9.17) is 11.6 Å². The smallest absolute Gasteiger partial charge is 0.0412 e. The molecule has 2 nitrogen and oxygen atoms in total. The molecule has 0 spiro atoms. The molecule has 0 radical (unpaired) electrons. The minimum absolute atomic E-state index is 0.804. The molecule has 3 rings (SSSR count). The monoisotopic (exact) mass is 326 g/mol. The van der Waals surface area contributed by atoms with Gasteiger partial charge in [0.15, 0.2) is 0 Å². The van der Waals surface area contributed by atoms with Crippen molar-refractivity contribution >= 4 is 33.1 Å². The molecule has 0 saturated carbocycles. The predicted molar refractivity (Wildman–Crippen MR) is 102 cm³/mol. The minimum atomic E-state index is 0.804. The minimum Gasteiger partial charge on any atom is -0.319 e. The van der Waals surface area contributed by atoms with E-state index in [9.17, 15) is 0 Å². The van der Waals surface area contributed by atoms with Gasteiger partial charge in [0.2, 0.25) is 0 Å². The number of nitrogens with one attached hydrogen (secondary N) is 2. The van der Waals surface area contributed by atoms with Crippen LogP contribution in [0.15, 0.2) is 42.5 Å². The molecule has 0 atom stereocenters. The normalized spacial score (nSPS) is 11.4. The highest BCUT2D eigenvalue weighted by Gasteiger charge is 2.13. The second-order valence-electron chi connectivity index (χ2n) is 5.90. The van der Waals surface area contributed by atoms with Crippen molar-refractivity contribution in [2.75, 3.05) is 27.2 Å². The Kier molecular flexibility index (Phi) is 5.16. The SMILES string of the molecule is CNCCc1c2ccccc2c(CCNC)c2cc(Cl)ccc12. The van der Waals surface area contributed by atoms with Gasteiger partial charge in [0, 0.05) is 5.02 Å². The molecule has 2 N–H and O–H groups in total. The summed E-state index contributed by atoms with van der Waals surface area (Å²) in [5, 5.41) is 12.7. The number of halogens is 1. The average Bonchev–Trinajstić information content (AvgIpc) is 2.58. The van der Waals surface area contributed by atoms with Gasteiger partial charge in [0.25, 0.3) is 0 Å². The van der Waals surface area contributed by atoms with Crippen LogP contribution in [0.5, 0.6) is 0 Å². The molecule has 0 bridgehead atoms. The van der Waals surface area contributed by atoms with Gasteiger partial charge < -0.3 is 10.6 Å². The lowest BCUT2D eigenvalue weighted by atomic mass is 9.89. The number of likely N-dealkylation sites (N-methyl/N-ethyl adjacent to an activating group) is 2. The quantitative estimate of drug-likeness (QED) is 0.664. The lowest BCUT2D eigenvalue weighted by Crippen LogP contribution is -2.13. The Morgan fingerprint density at radius 3 is 1.83 bits per heavy atom. The molecule has 0 fully saturated rings. The maximum Gasteiger partial charge on any atom is 0.0412 e. The molecular weight excluding hydrogens is 304 g/mol. The zero-order valence-corrected chi connectivity index (χ0v) is 14.5. The fraction of sp³-hybridized carbons (Fsp3) is 0.300. The van der Waals surface area contributed by atoms with E-state index >= 15 is 0 Å². The predicted octanol–water partition coefficient (Wildman–Crippen LogP) is 4.17. The Hall–Kier alpha value is -1.61. The van der Waals surface area contributed by atoms with Gasteiger partial charge in [-0.25, -0.2) is 0 Å². The molecule has 0 amide bonds. The van der Waals surface area contributed by atoms with Crippen molar-refractivity contribution in [1.29, 1.82) is 0 Å². The van der Waals surface area contributed by atoms with Crippen molar-refractivity contribution in [1.82, 2.24) is 10.6 Å². The van der Waals surface area contributed by atoms with E-state index in [0.717, 1.165) is 31.0 Å². The Balaban J connectivity index is 2.35. The molecule has 0 aliphatic heterocycles. The molecule has 0 saturated heterocycles. The third kappa shape index (κ3) is 3.20. The highest BCUT2D eigenvalue weighted by atomic mass is 35.5. The topological polar surface area (TPSA) is 24.1 Å². The van der Waals surface area contributed by atoms with Crippen LogP contribution in [0.4, 0.5) is 0 Å². The second kappa shape index (κ2) is 7.31. The van der Waals surface area contributed by atoms with Crippen LogP contribution in [-0.2, 0) is 12.8 Å². The van der Waals surface area contributed by atoms with Gasteiger partial charge in [-0.3, -0.25) is 0 Å². The zero-order chi connectivity index (χ0) is 16.2. The first-order chi connectivity index (χ1) is 11.3. The summed E-state index contributed by atoms with van der Waals surface area (Å²) in [6, 6.07) is 15.1. The van der Waals surface area contributed by atoms with Crippen molar-refractivity contribution < 1.29 is 0 Å². The molecule has 120 valence electrons. The molecule has 0 aliphatic carbocycles. The first-order valence-corrected chi connectivity index (χ1v) is 8.55. The number of hydrogen-bond acceptors (Lipinski definition) is 2. The molecule has 0 aliphatic rings. The zero-order valence-electron chi connectivity index (χ0n) is 13.7. The van der Waals surface area contributed by atoms with E-state index in [0.29, 0.717) is 0 Å². The maximum atomic E-state index is 6.30. The Bertz CT molecular complexity index is 827. The van der Waals surface area contributed by atoms with Crippen LogP contribution in [0.1, 0.15) is 11.1 Å². The van der Waals surface area contributed by atoms with Crippen molar-refractivity contribution in [2.45, 2.75) is 12.8 Å². The van der Waals surface area contributed by atoms with E-state index in [2.05, 4.69) is 47.0 Å². The maximum absolute atomic E-state index is 6.30. The first kappa shape index (κ1) is 16.3. The van der Waals surface area contributed by atoms with Crippen LogP contribution in [0.3, 0.4) is 0 Å². The van der Waals surface area contributed by atoms with E-state index in [1.54, 1.807) is 0 Å². The van der Waals surface area contributed by atoms with E-state index in [1.165, 1.54) is 32.7 Å². The number of fused-ring (bicyclic) bond motifs is 2. The summed E-state index contributed by atoms with van der Waals surface area (Å²) in [6.07, 6.45) is 2.02. The van der Waals surface area contributed by atoms with Crippen LogP contribution >= 0.6 is 11.6 Å². The fourth-order valence-corrected chi connectivity index (χ4v) is 3.54. The van der Waals surface area contributed by atoms with Crippen LogP contribution < -0.4 is 10.6 Å². The Morgan fingerprint density at radius 1 is 0.739 bits per heavy atom. The van der Waals surface area contributed by atoms with Crippen LogP contribution in [0.2, 0.25) is 5.02 Å². The molecule has 3 aromatic carbocycles. The highest BCUT2D eigenvalue weighted by molar-refractivity contribution is 6.31. The Morgan fingerprint density at radius 2 is 1.26 bits per heavy atom. The van der Waals surface area contributed by atoms with Gasteiger partial charge in [-0.2, -0.15) is 0 Å². The van der Waals surface area contributed by atoms with Crippen LogP contribution in [0.25, 0.3) is 21.5 Å². The van der Waals surface area contributed by atoms with Crippen molar-refractivity contribution in [3.8, 4) is 0 Å². The number of rotatable bonds is 6. The van der Waals surface area contributed by atoms with Crippen molar-refractivity contribution in [3.05, 3.63) is 58.6 Å². The van der Waals surface area contributed by atoms with Crippen molar-refractivity contribution in [3.63, 3.8) is 0 Å². The fourth-order valence-electron chi connectivity index (χ4n) is 3.37. The van der Waals surface area contributed by atoms with E-state index in [1.807, 2.05) is 20.2 Å². The summed E-state index contributed by atoms with van der Waals surface area (Å²) in [6.45, 7) is 1.93. The standard InChI is InChI=1S/C20H23ClN2/c1-22-11-9-18-15-5-3-4-6-16(15)19(10-12-23-2)20-13-14(21)7-8-17(18)20/h3-8,13,22-23H,9-12H2,1-2H3. The van der Waals surface area contributed by atoms with Crippen LogP contribution in [-0.4, -0.2) is 27.2 Å². The summed E-state index contributed by atoms with van der Waals surface area (Å²) in [7, 11) is 4.00. The van der Waals surface area contributed by atoms with Gasteiger partial charge in [-0.05, 0) is 84.8 Å². The molecule has 0 heterocycles. The first-order valence-electron chi connectivity index (χ1n) is 8.17. The summed E-state index contributed by atoms with van der Waals surface area (Å²) in [5.41, 5.74) is 2.80. The lowest BCUT2D eigenvalue weighted by molar-refractivity contribution is 0.794. The summed E-state index contributed by atoms with van der Waals surface area (Å²) in [4.78, 5) is 0. The van der Waals surface area contributed by atoms with Crippen LogP contribution in [0, 0.1) is 0 Å². The molecule has 3 heteroatoms. The van der Waals surface area contributed by atoms with Gasteiger partial charge >= 0.3 is 0 Å². The highest BCUT2D eigenvalue weighted by Crippen LogP contribution is 2.35. The number of hydrogen-bond donors (Lipinski definition) is 2. The van der Waals surface area contributed by atoms with Crippen molar-refractivity contribution in [2.24, 2.45) is 0 Å². The molecule has 23 heavy (non-hydrogen) atoms. The van der Waals surface area contributed by atoms with E-state index < -0.39 is 0 Å². The largest absolute Gasteiger partial charge is 0.319 e. The molecule has 3 aromatic rings. The summed E-state index contributed by atoms with van der Waals surface area (Å²) in [5.74, 6) is 0. The Labute approximate surface area is 142 Å². The number of benzene rings is 3. The van der Waals surface area contributed by atoms with Gasteiger partial charge in [-0.1, -0.05) is 41.9 Å². The average molecular weight is 327 g/mol. The van der Waals surface area contributed by atoms with E-state index in [-0.39, 0.29) is 0 Å². The lowest BCUT2D eigenvalue weighted by Gasteiger charge is -2.17. The third-order valence-corrected chi connectivity index (χ3v) is 4.69. The second-order valence-corrected chi connectivity index (χ2v) is 6.34. The van der Waals surface area contributed by atoms with Gasteiger partial charge in [0.05, 0.1) is 0 Å². The third-order valence-electron chi connectivity index (χ3n) is 4.46. The molecular formula is C20H23ClN2. The molecule has 0 unspecified atom stereocenters. The summed E-state index contributed by atoms with van der Waals surface area (Å²) < 4.78 is 0. The van der Waals surface area contributed by atoms with Gasteiger partial charge in [-0.15, -0.1) is 0 Å².